The maximum Gasteiger partial charge on any atom is 0.330 e. The van der Waals surface area contributed by atoms with Crippen molar-refractivity contribution in [1.29, 1.82) is 0 Å². The van der Waals surface area contributed by atoms with Crippen LogP contribution < -0.4 is 26.6 Å². The van der Waals surface area contributed by atoms with Gasteiger partial charge in [0.25, 0.3) is 11.5 Å². The van der Waals surface area contributed by atoms with Gasteiger partial charge >= 0.3 is 5.69 Å². The van der Waals surface area contributed by atoms with Gasteiger partial charge in [-0.2, -0.15) is 0 Å². The maximum atomic E-state index is 13.1. The number of hydrogen-bond donors (Lipinski definition) is 2. The zero-order chi connectivity index (χ0) is 23.1. The molecule has 0 saturated carbocycles. The molecule has 1 aromatic heterocycles. The number of aromatic nitrogens is 2. The van der Waals surface area contributed by atoms with Crippen LogP contribution in [0, 0.1) is 19.8 Å². The Balaban J connectivity index is 2.39. The molecule has 8 nitrogen and oxygen atoms in total. The highest BCUT2D eigenvalue weighted by atomic mass is 16.5. The summed E-state index contributed by atoms with van der Waals surface area (Å²) in [6.07, 6.45) is 2.26. The molecule has 1 aromatic carbocycles. The van der Waals surface area contributed by atoms with Crippen molar-refractivity contribution in [3.05, 3.63) is 50.2 Å². The molecular formula is C23H34N4O4. The molecule has 2 rings (SSSR count). The van der Waals surface area contributed by atoms with Crippen LogP contribution in [0.2, 0.25) is 0 Å². The van der Waals surface area contributed by atoms with E-state index >= 15 is 0 Å². The number of benzene rings is 1. The third-order valence-corrected chi connectivity index (χ3v) is 5.36. The van der Waals surface area contributed by atoms with Gasteiger partial charge in [-0.1, -0.05) is 39.3 Å². The second-order valence-electron chi connectivity index (χ2n) is 8.21. The van der Waals surface area contributed by atoms with Crippen LogP contribution in [0.1, 0.15) is 51.2 Å². The average molecular weight is 431 g/mol. The van der Waals surface area contributed by atoms with Gasteiger partial charge in [0.05, 0.1) is 0 Å². The number of ether oxygens (including phenoxy) is 1. The highest BCUT2D eigenvalue weighted by Gasteiger charge is 2.25. The summed E-state index contributed by atoms with van der Waals surface area (Å²) in [5, 5.41) is 0. The lowest BCUT2D eigenvalue weighted by molar-refractivity contribution is -0.120. The van der Waals surface area contributed by atoms with Gasteiger partial charge in [-0.05, 0) is 49.8 Å². The fourth-order valence-corrected chi connectivity index (χ4v) is 3.22. The summed E-state index contributed by atoms with van der Waals surface area (Å²) in [6.45, 7) is 10.4. The quantitative estimate of drug-likeness (QED) is 0.602. The van der Waals surface area contributed by atoms with Gasteiger partial charge in [0.1, 0.15) is 11.6 Å². The number of rotatable bonds is 10. The molecule has 0 aliphatic heterocycles. The standard InChI is InChI=1S/C23H34N4O4/c1-6-7-12-27-21(24)20(22(29)25-23(27)30)26(13-11-15(2)3)19(28)14-31-18-10-8-9-16(4)17(18)5/h8-10,15H,6-7,11-14,24H2,1-5H3,(H,25,29,30). The smallest absolute Gasteiger partial charge is 0.330 e. The summed E-state index contributed by atoms with van der Waals surface area (Å²) in [5.41, 5.74) is 7.01. The van der Waals surface area contributed by atoms with Gasteiger partial charge in [0.15, 0.2) is 12.3 Å². The largest absolute Gasteiger partial charge is 0.483 e. The number of unbranched alkanes of at least 4 members (excludes halogenated alkanes) is 1. The molecule has 0 radical (unpaired) electrons. The van der Waals surface area contributed by atoms with E-state index in [1.807, 2.05) is 46.8 Å². The number of H-pyrrole nitrogens is 1. The first kappa shape index (κ1) is 24.2. The molecule has 0 aliphatic carbocycles. The van der Waals surface area contributed by atoms with Gasteiger partial charge in [-0.3, -0.25) is 19.1 Å². The van der Waals surface area contributed by atoms with E-state index in [1.165, 1.54) is 9.47 Å². The lowest BCUT2D eigenvalue weighted by Crippen LogP contribution is -2.43. The molecule has 2 aromatic rings. The van der Waals surface area contributed by atoms with Crippen molar-refractivity contribution in [2.45, 2.75) is 60.4 Å². The number of nitrogens with two attached hydrogens (primary N) is 1. The van der Waals surface area contributed by atoms with Crippen LogP contribution in [0.4, 0.5) is 11.5 Å². The Kier molecular flexibility index (Phi) is 8.47. The minimum atomic E-state index is -0.668. The average Bonchev–Trinajstić information content (AvgIpc) is 2.70. The molecule has 1 heterocycles. The fraction of sp³-hybridized carbons (Fsp3) is 0.522. The number of aryl methyl sites for hydroxylation is 1. The number of hydrogen-bond acceptors (Lipinski definition) is 5. The normalized spacial score (nSPS) is 11.0. The number of nitrogen functional groups attached to an aromatic ring is 1. The summed E-state index contributed by atoms with van der Waals surface area (Å²) in [6, 6.07) is 5.64. The van der Waals surface area contributed by atoms with E-state index in [2.05, 4.69) is 4.98 Å². The van der Waals surface area contributed by atoms with Crippen LogP contribution in [0.15, 0.2) is 27.8 Å². The van der Waals surface area contributed by atoms with Gasteiger partial charge in [-0.15, -0.1) is 0 Å². The Morgan fingerprint density at radius 1 is 1.26 bits per heavy atom. The Morgan fingerprint density at radius 2 is 1.97 bits per heavy atom. The highest BCUT2D eigenvalue weighted by molar-refractivity contribution is 5.96. The summed E-state index contributed by atoms with van der Waals surface area (Å²) in [5.74, 6) is 0.541. The van der Waals surface area contributed by atoms with Crippen LogP contribution >= 0.6 is 0 Å². The molecule has 0 atom stereocenters. The summed E-state index contributed by atoms with van der Waals surface area (Å²) >= 11 is 0. The summed E-state index contributed by atoms with van der Waals surface area (Å²) < 4.78 is 7.10. The Labute approximate surface area is 183 Å². The van der Waals surface area contributed by atoms with E-state index < -0.39 is 11.2 Å². The second kappa shape index (κ2) is 10.8. The molecule has 0 unspecified atom stereocenters. The van der Waals surface area contributed by atoms with Crippen molar-refractivity contribution in [2.24, 2.45) is 5.92 Å². The SMILES string of the molecule is CCCCn1c(N)c(N(CCC(C)C)C(=O)COc2cccc(C)c2C)c(=O)[nH]c1=O. The lowest BCUT2D eigenvalue weighted by Gasteiger charge is -2.25. The molecule has 170 valence electrons. The Hall–Kier alpha value is -3.03. The van der Waals surface area contributed by atoms with Crippen LogP contribution in [-0.4, -0.2) is 28.6 Å². The molecule has 0 saturated heterocycles. The molecular weight excluding hydrogens is 396 g/mol. The van der Waals surface area contributed by atoms with E-state index in [1.54, 1.807) is 6.07 Å². The molecule has 0 fully saturated rings. The third kappa shape index (κ3) is 5.99. The van der Waals surface area contributed by atoms with Crippen LogP contribution in [0.5, 0.6) is 5.75 Å². The number of anilines is 2. The first-order chi connectivity index (χ1) is 14.7. The third-order valence-electron chi connectivity index (χ3n) is 5.36. The van der Waals surface area contributed by atoms with Crippen LogP contribution in [-0.2, 0) is 11.3 Å². The van der Waals surface area contributed by atoms with E-state index in [0.717, 1.165) is 24.0 Å². The molecule has 3 N–H and O–H groups in total. The van der Waals surface area contributed by atoms with Gasteiger partial charge in [0, 0.05) is 13.1 Å². The van der Waals surface area contributed by atoms with Crippen molar-refractivity contribution in [3.63, 3.8) is 0 Å². The number of nitrogens with one attached hydrogen (secondary N) is 1. The first-order valence-corrected chi connectivity index (χ1v) is 10.8. The second-order valence-corrected chi connectivity index (χ2v) is 8.21. The van der Waals surface area contributed by atoms with E-state index in [0.29, 0.717) is 31.2 Å². The molecule has 0 aliphatic rings. The minimum Gasteiger partial charge on any atom is -0.483 e. The van der Waals surface area contributed by atoms with Gasteiger partial charge in [0.2, 0.25) is 0 Å². The van der Waals surface area contributed by atoms with Crippen LogP contribution in [0.3, 0.4) is 0 Å². The molecule has 0 bridgehead atoms. The number of amides is 1. The predicted octanol–water partition coefficient (Wildman–Crippen LogP) is 2.99. The predicted molar refractivity (Wildman–Crippen MR) is 124 cm³/mol. The number of carbonyl (C=O) groups excluding carboxylic acids is 1. The van der Waals surface area contributed by atoms with E-state index in [4.69, 9.17) is 10.5 Å². The molecule has 1 amide bonds. The van der Waals surface area contributed by atoms with Crippen molar-refractivity contribution < 1.29 is 9.53 Å². The van der Waals surface area contributed by atoms with Crippen molar-refractivity contribution in [1.82, 2.24) is 9.55 Å². The van der Waals surface area contributed by atoms with E-state index in [9.17, 15) is 14.4 Å². The monoisotopic (exact) mass is 430 g/mol. The fourth-order valence-electron chi connectivity index (χ4n) is 3.22. The summed E-state index contributed by atoms with van der Waals surface area (Å²) in [7, 11) is 0. The number of aromatic amines is 1. The number of nitrogens with zero attached hydrogens (tertiary/aromatic N) is 2. The van der Waals surface area contributed by atoms with Crippen LogP contribution in [0.25, 0.3) is 0 Å². The molecule has 31 heavy (non-hydrogen) atoms. The molecule has 8 heteroatoms. The highest BCUT2D eigenvalue weighted by Crippen LogP contribution is 2.22. The zero-order valence-electron chi connectivity index (χ0n) is 19.2. The maximum absolute atomic E-state index is 13.1. The Morgan fingerprint density at radius 3 is 2.61 bits per heavy atom. The van der Waals surface area contributed by atoms with E-state index in [-0.39, 0.29) is 24.0 Å². The van der Waals surface area contributed by atoms with Gasteiger partial charge < -0.3 is 15.4 Å². The topological polar surface area (TPSA) is 110 Å². The van der Waals surface area contributed by atoms with Crippen molar-refractivity contribution in [2.75, 3.05) is 23.8 Å². The first-order valence-electron chi connectivity index (χ1n) is 10.8. The van der Waals surface area contributed by atoms with Gasteiger partial charge in [-0.25, -0.2) is 4.79 Å². The number of carbonyl (C=O) groups is 1. The minimum absolute atomic E-state index is 0.00548. The Bertz CT molecular complexity index is 1020. The molecule has 0 spiro atoms. The summed E-state index contributed by atoms with van der Waals surface area (Å²) in [4.78, 5) is 41.7. The van der Waals surface area contributed by atoms with Crippen molar-refractivity contribution >= 4 is 17.4 Å². The lowest BCUT2D eigenvalue weighted by atomic mass is 10.1. The zero-order valence-corrected chi connectivity index (χ0v) is 19.2. The van der Waals surface area contributed by atoms with Crippen molar-refractivity contribution in [3.8, 4) is 5.75 Å².